The first kappa shape index (κ1) is 11.2. The van der Waals surface area contributed by atoms with Gasteiger partial charge in [0.2, 0.25) is 6.79 Å². The molecule has 4 heteroatoms. The van der Waals surface area contributed by atoms with Gasteiger partial charge in [0.25, 0.3) is 0 Å². The largest absolute Gasteiger partial charge is 0.454 e. The number of rotatable bonds is 3. The first-order chi connectivity index (χ1) is 7.54. The van der Waals surface area contributed by atoms with Crippen molar-refractivity contribution in [2.24, 2.45) is 0 Å². The number of fused-ring (bicyclic) bond motifs is 1. The number of hydrogen-bond acceptors (Lipinski definition) is 4. The van der Waals surface area contributed by atoms with Crippen LogP contribution in [0.5, 0.6) is 11.5 Å². The Bertz CT molecular complexity index is 368. The second kappa shape index (κ2) is 4.31. The lowest BCUT2D eigenvalue weighted by atomic mass is 10.2. The van der Waals surface area contributed by atoms with Crippen LogP contribution in [0, 0.1) is 0 Å². The fraction of sp³-hybridized carbons (Fsp3) is 0.500. The average Bonchev–Trinajstić information content (AvgIpc) is 2.62. The molecule has 0 aromatic heterocycles. The minimum absolute atomic E-state index is 0.290. The molecule has 0 N–H and O–H groups in total. The van der Waals surface area contributed by atoms with E-state index >= 15 is 0 Å². The van der Waals surface area contributed by atoms with Gasteiger partial charge in [-0.1, -0.05) is 6.07 Å². The number of benzene rings is 1. The SMILES string of the molecule is CC(C)(C)OOCc1ccc2c(c1)OCO2. The summed E-state index contributed by atoms with van der Waals surface area (Å²) in [7, 11) is 0. The molecule has 0 atom stereocenters. The minimum Gasteiger partial charge on any atom is -0.454 e. The zero-order valence-electron chi connectivity index (χ0n) is 9.78. The first-order valence-electron chi connectivity index (χ1n) is 5.24. The summed E-state index contributed by atoms with van der Waals surface area (Å²) in [5, 5.41) is 0. The zero-order chi connectivity index (χ0) is 11.6. The molecule has 1 aromatic carbocycles. The second-order valence-corrected chi connectivity index (χ2v) is 4.65. The van der Waals surface area contributed by atoms with Crippen LogP contribution in [0.1, 0.15) is 26.3 Å². The molecule has 0 saturated carbocycles. The van der Waals surface area contributed by atoms with Crippen molar-refractivity contribution < 1.29 is 19.2 Å². The first-order valence-corrected chi connectivity index (χ1v) is 5.24. The van der Waals surface area contributed by atoms with Crippen molar-refractivity contribution in [3.63, 3.8) is 0 Å². The maximum atomic E-state index is 5.27. The lowest BCUT2D eigenvalue weighted by Gasteiger charge is -2.17. The normalized spacial score (nSPS) is 14.2. The summed E-state index contributed by atoms with van der Waals surface area (Å²) in [4.78, 5) is 10.3. The van der Waals surface area contributed by atoms with E-state index in [0.29, 0.717) is 6.61 Å². The van der Waals surface area contributed by atoms with Crippen LogP contribution < -0.4 is 9.47 Å². The van der Waals surface area contributed by atoms with E-state index in [0.717, 1.165) is 17.1 Å². The fourth-order valence-electron chi connectivity index (χ4n) is 1.31. The minimum atomic E-state index is -0.295. The molecule has 1 aliphatic heterocycles. The highest BCUT2D eigenvalue weighted by Gasteiger charge is 2.14. The molecule has 88 valence electrons. The van der Waals surface area contributed by atoms with Gasteiger partial charge in [0, 0.05) is 0 Å². The van der Waals surface area contributed by atoms with E-state index in [2.05, 4.69) is 0 Å². The molecule has 1 aliphatic rings. The van der Waals surface area contributed by atoms with Gasteiger partial charge < -0.3 is 9.47 Å². The maximum Gasteiger partial charge on any atom is 0.231 e. The quantitative estimate of drug-likeness (QED) is 0.584. The van der Waals surface area contributed by atoms with Crippen molar-refractivity contribution in [1.82, 2.24) is 0 Å². The molecule has 0 amide bonds. The fourth-order valence-corrected chi connectivity index (χ4v) is 1.31. The van der Waals surface area contributed by atoms with Gasteiger partial charge in [-0.25, -0.2) is 9.78 Å². The van der Waals surface area contributed by atoms with E-state index in [-0.39, 0.29) is 12.4 Å². The van der Waals surface area contributed by atoms with E-state index in [1.165, 1.54) is 0 Å². The summed E-state index contributed by atoms with van der Waals surface area (Å²) < 4.78 is 10.5. The Morgan fingerprint density at radius 1 is 1.19 bits per heavy atom. The Hall–Kier alpha value is -1.26. The van der Waals surface area contributed by atoms with Crippen molar-refractivity contribution in [3.8, 4) is 11.5 Å². The van der Waals surface area contributed by atoms with E-state index in [1.807, 2.05) is 39.0 Å². The van der Waals surface area contributed by atoms with Crippen LogP contribution in [0.3, 0.4) is 0 Å². The Labute approximate surface area is 95.0 Å². The summed E-state index contributed by atoms with van der Waals surface area (Å²) in [6.07, 6.45) is 0. The van der Waals surface area contributed by atoms with Crippen LogP contribution in [0.2, 0.25) is 0 Å². The highest BCUT2D eigenvalue weighted by atomic mass is 17.2. The molecule has 4 nitrogen and oxygen atoms in total. The Morgan fingerprint density at radius 2 is 1.94 bits per heavy atom. The molecule has 0 fully saturated rings. The van der Waals surface area contributed by atoms with Crippen LogP contribution >= 0.6 is 0 Å². The smallest absolute Gasteiger partial charge is 0.231 e. The van der Waals surface area contributed by atoms with E-state index in [1.54, 1.807) is 0 Å². The maximum absolute atomic E-state index is 5.27. The predicted molar refractivity (Wildman–Crippen MR) is 58.2 cm³/mol. The van der Waals surface area contributed by atoms with Crippen LogP contribution in [-0.2, 0) is 16.4 Å². The number of ether oxygens (including phenoxy) is 2. The predicted octanol–water partition coefficient (Wildman–Crippen LogP) is 2.66. The third-order valence-corrected chi connectivity index (χ3v) is 1.97. The van der Waals surface area contributed by atoms with Gasteiger partial charge in [0.05, 0.1) is 5.60 Å². The molecule has 0 saturated heterocycles. The molecule has 1 aromatic rings. The third-order valence-electron chi connectivity index (χ3n) is 1.97. The van der Waals surface area contributed by atoms with Gasteiger partial charge in [-0.2, -0.15) is 0 Å². The summed E-state index contributed by atoms with van der Waals surface area (Å²) in [5.74, 6) is 1.54. The van der Waals surface area contributed by atoms with Gasteiger partial charge in [-0.15, -0.1) is 0 Å². The molecule has 2 rings (SSSR count). The van der Waals surface area contributed by atoms with Crippen molar-refractivity contribution >= 4 is 0 Å². The van der Waals surface area contributed by atoms with Gasteiger partial charge in [0.1, 0.15) is 6.61 Å². The summed E-state index contributed by atoms with van der Waals surface area (Å²) in [6.45, 7) is 6.50. The average molecular weight is 224 g/mol. The van der Waals surface area contributed by atoms with Gasteiger partial charge in [-0.05, 0) is 38.5 Å². The Morgan fingerprint density at radius 3 is 2.69 bits per heavy atom. The van der Waals surface area contributed by atoms with Gasteiger partial charge in [0.15, 0.2) is 11.5 Å². The Kier molecular flexibility index (Phi) is 3.03. The van der Waals surface area contributed by atoms with Crippen molar-refractivity contribution in [2.75, 3.05) is 6.79 Å². The molecular formula is C12H16O4. The molecule has 16 heavy (non-hydrogen) atoms. The molecular weight excluding hydrogens is 208 g/mol. The van der Waals surface area contributed by atoms with E-state index < -0.39 is 0 Å². The highest BCUT2D eigenvalue weighted by Crippen LogP contribution is 2.32. The van der Waals surface area contributed by atoms with Crippen LogP contribution in [0.4, 0.5) is 0 Å². The van der Waals surface area contributed by atoms with Crippen LogP contribution in [0.25, 0.3) is 0 Å². The van der Waals surface area contributed by atoms with Crippen LogP contribution in [0.15, 0.2) is 18.2 Å². The van der Waals surface area contributed by atoms with Crippen molar-refractivity contribution in [3.05, 3.63) is 23.8 Å². The lowest BCUT2D eigenvalue weighted by molar-refractivity contribution is -0.356. The Balaban J connectivity index is 1.91. The molecule has 0 unspecified atom stereocenters. The zero-order valence-corrected chi connectivity index (χ0v) is 9.78. The van der Waals surface area contributed by atoms with Gasteiger partial charge >= 0.3 is 0 Å². The molecule has 0 bridgehead atoms. The summed E-state index contributed by atoms with van der Waals surface area (Å²) in [6, 6.07) is 5.70. The third kappa shape index (κ3) is 2.87. The standard InChI is InChI=1S/C12H16O4/c1-12(2,3)16-15-7-9-4-5-10-11(6-9)14-8-13-10/h4-6H,7-8H2,1-3H3. The van der Waals surface area contributed by atoms with Crippen molar-refractivity contribution in [1.29, 1.82) is 0 Å². The monoisotopic (exact) mass is 224 g/mol. The molecule has 0 spiro atoms. The number of hydrogen-bond donors (Lipinski definition) is 0. The molecule has 0 aliphatic carbocycles. The highest BCUT2D eigenvalue weighted by molar-refractivity contribution is 5.44. The van der Waals surface area contributed by atoms with Crippen LogP contribution in [-0.4, -0.2) is 12.4 Å². The summed E-state index contributed by atoms with van der Waals surface area (Å²) in [5.41, 5.74) is 0.699. The van der Waals surface area contributed by atoms with E-state index in [9.17, 15) is 0 Å². The second-order valence-electron chi connectivity index (χ2n) is 4.65. The van der Waals surface area contributed by atoms with E-state index in [4.69, 9.17) is 19.2 Å². The van der Waals surface area contributed by atoms with Gasteiger partial charge in [-0.3, -0.25) is 0 Å². The topological polar surface area (TPSA) is 36.9 Å². The summed E-state index contributed by atoms with van der Waals surface area (Å²) >= 11 is 0. The molecule has 1 heterocycles. The lowest BCUT2D eigenvalue weighted by Crippen LogP contribution is -2.19. The van der Waals surface area contributed by atoms with Crippen molar-refractivity contribution in [2.45, 2.75) is 33.0 Å². The molecule has 0 radical (unpaired) electrons.